The summed E-state index contributed by atoms with van der Waals surface area (Å²) < 4.78 is 0. The van der Waals surface area contributed by atoms with Crippen molar-refractivity contribution < 1.29 is 19.5 Å². The van der Waals surface area contributed by atoms with Gasteiger partial charge in [0.2, 0.25) is 11.8 Å². The maximum Gasteiger partial charge on any atom is 0.305 e. The van der Waals surface area contributed by atoms with Gasteiger partial charge < -0.3 is 15.3 Å². The number of benzene rings is 1. The van der Waals surface area contributed by atoms with Gasteiger partial charge >= 0.3 is 5.97 Å². The fourth-order valence-electron chi connectivity index (χ4n) is 2.72. The van der Waals surface area contributed by atoms with Gasteiger partial charge in [0.05, 0.1) is 12.3 Å². The number of carboxylic acids is 1. The Labute approximate surface area is 135 Å². The number of carbonyl (C=O) groups excluding carboxylic acids is 2. The van der Waals surface area contributed by atoms with Crippen LogP contribution in [0.25, 0.3) is 0 Å². The van der Waals surface area contributed by atoms with Crippen LogP contribution in [-0.2, 0) is 20.8 Å². The van der Waals surface area contributed by atoms with Crippen molar-refractivity contribution in [1.29, 1.82) is 0 Å². The molecule has 6 nitrogen and oxygen atoms in total. The van der Waals surface area contributed by atoms with E-state index >= 15 is 0 Å². The molecule has 2 rings (SSSR count). The normalized spacial score (nSPS) is 18.8. The maximum atomic E-state index is 12.2. The lowest BCUT2D eigenvalue weighted by atomic mass is 10.1. The maximum absolute atomic E-state index is 12.2. The highest BCUT2D eigenvalue weighted by atomic mass is 16.4. The van der Waals surface area contributed by atoms with E-state index in [9.17, 15) is 14.4 Å². The SMILES string of the molecule is CCc1ccc(N2CC(C(=O)NC(C)CC(=O)O)CC2=O)cc1. The zero-order valence-corrected chi connectivity index (χ0v) is 13.4. The monoisotopic (exact) mass is 318 g/mol. The highest BCUT2D eigenvalue weighted by molar-refractivity contribution is 6.00. The fourth-order valence-corrected chi connectivity index (χ4v) is 2.72. The largest absolute Gasteiger partial charge is 0.481 e. The van der Waals surface area contributed by atoms with Crippen molar-refractivity contribution in [2.45, 2.75) is 39.2 Å². The van der Waals surface area contributed by atoms with E-state index < -0.39 is 17.9 Å². The van der Waals surface area contributed by atoms with E-state index in [-0.39, 0.29) is 24.7 Å². The first kappa shape index (κ1) is 17.0. The van der Waals surface area contributed by atoms with Gasteiger partial charge in [0.15, 0.2) is 0 Å². The number of hydrogen-bond donors (Lipinski definition) is 2. The minimum Gasteiger partial charge on any atom is -0.481 e. The molecule has 2 N–H and O–H groups in total. The molecule has 1 aliphatic rings. The predicted molar refractivity (Wildman–Crippen MR) is 86.1 cm³/mol. The first-order valence-electron chi connectivity index (χ1n) is 7.82. The van der Waals surface area contributed by atoms with Crippen LogP contribution < -0.4 is 10.2 Å². The average molecular weight is 318 g/mol. The Hall–Kier alpha value is -2.37. The van der Waals surface area contributed by atoms with Gasteiger partial charge in [0, 0.05) is 24.7 Å². The second-order valence-corrected chi connectivity index (χ2v) is 5.93. The molecule has 0 spiro atoms. The van der Waals surface area contributed by atoms with E-state index in [0.717, 1.165) is 12.1 Å². The molecular weight excluding hydrogens is 296 g/mol. The molecule has 0 bridgehead atoms. The lowest BCUT2D eigenvalue weighted by molar-refractivity contribution is -0.137. The molecule has 124 valence electrons. The number of anilines is 1. The van der Waals surface area contributed by atoms with E-state index in [4.69, 9.17) is 5.11 Å². The van der Waals surface area contributed by atoms with Crippen molar-refractivity contribution in [2.75, 3.05) is 11.4 Å². The highest BCUT2D eigenvalue weighted by Crippen LogP contribution is 2.25. The number of carboxylic acid groups (broad SMARTS) is 1. The van der Waals surface area contributed by atoms with Crippen molar-refractivity contribution in [2.24, 2.45) is 5.92 Å². The van der Waals surface area contributed by atoms with Crippen molar-refractivity contribution in [3.63, 3.8) is 0 Å². The number of amides is 2. The Morgan fingerprint density at radius 2 is 2.00 bits per heavy atom. The second-order valence-electron chi connectivity index (χ2n) is 5.93. The predicted octanol–water partition coefficient (Wildman–Crippen LogP) is 1.58. The summed E-state index contributed by atoms with van der Waals surface area (Å²) >= 11 is 0. The van der Waals surface area contributed by atoms with E-state index in [1.165, 1.54) is 5.56 Å². The Balaban J connectivity index is 1.98. The smallest absolute Gasteiger partial charge is 0.305 e. The van der Waals surface area contributed by atoms with Gasteiger partial charge in [0.1, 0.15) is 0 Å². The summed E-state index contributed by atoms with van der Waals surface area (Å²) in [5.41, 5.74) is 1.98. The standard InChI is InChI=1S/C17H22N2O4/c1-3-12-4-6-14(7-5-12)19-10-13(9-15(19)20)17(23)18-11(2)8-16(21)22/h4-7,11,13H,3,8-10H2,1-2H3,(H,18,23)(H,21,22). The summed E-state index contributed by atoms with van der Waals surface area (Å²) in [7, 11) is 0. The summed E-state index contributed by atoms with van der Waals surface area (Å²) in [6.45, 7) is 4.04. The molecule has 2 unspecified atom stereocenters. The van der Waals surface area contributed by atoms with E-state index in [2.05, 4.69) is 12.2 Å². The molecule has 2 atom stereocenters. The van der Waals surface area contributed by atoms with Crippen molar-refractivity contribution >= 4 is 23.5 Å². The number of aliphatic carboxylic acids is 1. The number of nitrogens with zero attached hydrogens (tertiary/aromatic N) is 1. The Bertz CT molecular complexity index is 597. The van der Waals surface area contributed by atoms with Gasteiger partial charge in [-0.2, -0.15) is 0 Å². The summed E-state index contributed by atoms with van der Waals surface area (Å²) in [6.07, 6.45) is 0.955. The zero-order chi connectivity index (χ0) is 17.0. The quantitative estimate of drug-likeness (QED) is 0.834. The number of carbonyl (C=O) groups is 3. The molecule has 0 aliphatic carbocycles. The molecule has 0 radical (unpaired) electrons. The average Bonchev–Trinajstić information content (AvgIpc) is 2.88. The van der Waals surface area contributed by atoms with Crippen LogP contribution in [0.5, 0.6) is 0 Å². The number of rotatable bonds is 6. The molecule has 1 aliphatic heterocycles. The summed E-state index contributed by atoms with van der Waals surface area (Å²) in [5, 5.41) is 11.4. The van der Waals surface area contributed by atoms with Crippen molar-refractivity contribution in [3.05, 3.63) is 29.8 Å². The lowest BCUT2D eigenvalue weighted by Gasteiger charge is -2.18. The second kappa shape index (κ2) is 7.26. The number of nitrogens with one attached hydrogen (secondary N) is 1. The molecule has 1 aromatic rings. The first-order chi connectivity index (χ1) is 10.9. The Kier molecular flexibility index (Phi) is 5.36. The van der Waals surface area contributed by atoms with E-state index in [1.54, 1.807) is 11.8 Å². The van der Waals surface area contributed by atoms with Crippen LogP contribution in [-0.4, -0.2) is 35.5 Å². The van der Waals surface area contributed by atoms with Gasteiger partial charge in [-0.1, -0.05) is 19.1 Å². The molecular formula is C17H22N2O4. The third-order valence-corrected chi connectivity index (χ3v) is 4.02. The lowest BCUT2D eigenvalue weighted by Crippen LogP contribution is -2.39. The Morgan fingerprint density at radius 1 is 1.35 bits per heavy atom. The molecule has 2 amide bonds. The number of hydrogen-bond acceptors (Lipinski definition) is 3. The molecule has 0 aromatic heterocycles. The zero-order valence-electron chi connectivity index (χ0n) is 13.4. The van der Waals surface area contributed by atoms with Gasteiger partial charge in [-0.15, -0.1) is 0 Å². The summed E-state index contributed by atoms with van der Waals surface area (Å²) in [5.74, 6) is -1.75. The molecule has 1 fully saturated rings. The van der Waals surface area contributed by atoms with Crippen LogP contribution >= 0.6 is 0 Å². The molecule has 1 aromatic carbocycles. The molecule has 1 saturated heterocycles. The topological polar surface area (TPSA) is 86.7 Å². The minimum atomic E-state index is -0.960. The van der Waals surface area contributed by atoms with Gasteiger partial charge in [-0.05, 0) is 31.0 Å². The van der Waals surface area contributed by atoms with Crippen molar-refractivity contribution in [1.82, 2.24) is 5.32 Å². The van der Waals surface area contributed by atoms with Crippen molar-refractivity contribution in [3.8, 4) is 0 Å². The summed E-state index contributed by atoms with van der Waals surface area (Å²) in [4.78, 5) is 36.6. The minimum absolute atomic E-state index is 0.0831. The summed E-state index contributed by atoms with van der Waals surface area (Å²) in [6, 6.07) is 7.29. The number of aryl methyl sites for hydroxylation is 1. The van der Waals surface area contributed by atoms with Crippen LogP contribution in [0.2, 0.25) is 0 Å². The molecule has 6 heteroatoms. The highest BCUT2D eigenvalue weighted by Gasteiger charge is 2.35. The van der Waals surface area contributed by atoms with Crippen LogP contribution in [0.1, 0.15) is 32.3 Å². The van der Waals surface area contributed by atoms with Crippen LogP contribution in [0.3, 0.4) is 0 Å². The van der Waals surface area contributed by atoms with Gasteiger partial charge in [-0.25, -0.2) is 0 Å². The fraction of sp³-hybridized carbons (Fsp3) is 0.471. The van der Waals surface area contributed by atoms with Gasteiger partial charge in [-0.3, -0.25) is 14.4 Å². The Morgan fingerprint density at radius 3 is 2.57 bits per heavy atom. The van der Waals surface area contributed by atoms with Crippen LogP contribution in [0.15, 0.2) is 24.3 Å². The van der Waals surface area contributed by atoms with Crippen LogP contribution in [0, 0.1) is 5.92 Å². The molecule has 23 heavy (non-hydrogen) atoms. The van der Waals surface area contributed by atoms with Gasteiger partial charge in [0.25, 0.3) is 0 Å². The first-order valence-corrected chi connectivity index (χ1v) is 7.82. The van der Waals surface area contributed by atoms with E-state index in [1.807, 2.05) is 24.3 Å². The van der Waals surface area contributed by atoms with Crippen LogP contribution in [0.4, 0.5) is 5.69 Å². The third-order valence-electron chi connectivity index (χ3n) is 4.02. The molecule has 1 heterocycles. The molecule has 0 saturated carbocycles. The van der Waals surface area contributed by atoms with E-state index in [0.29, 0.717) is 6.54 Å². The third kappa shape index (κ3) is 4.31.